The molecule has 2 aromatic rings. The quantitative estimate of drug-likeness (QED) is 0.222. The van der Waals surface area contributed by atoms with Gasteiger partial charge in [0.15, 0.2) is 0 Å². The Balaban J connectivity index is 3.68. The zero-order valence-electron chi connectivity index (χ0n) is 23.2. The lowest BCUT2D eigenvalue weighted by Gasteiger charge is -2.38. The van der Waals surface area contributed by atoms with Crippen molar-refractivity contribution in [2.24, 2.45) is 0 Å². The Morgan fingerprint density at radius 1 is 0.167 bits per heavy atom. The highest BCUT2D eigenvalue weighted by Crippen LogP contribution is 2.69. The number of halogens is 30. The molecule has 0 aliphatic heterocycles. The molecular weight excluding hydrogens is 1390 g/mol. The van der Waals surface area contributed by atoms with Gasteiger partial charge in [0.2, 0.25) is 37.9 Å². The molecule has 0 amide bonds. The van der Waals surface area contributed by atoms with Gasteiger partial charge in [0.25, 0.3) is 0 Å². The summed E-state index contributed by atoms with van der Waals surface area (Å²) in [6.45, 7) is 0. The first-order valence-corrected chi connectivity index (χ1v) is 25.2. The van der Waals surface area contributed by atoms with Crippen LogP contribution in [-0.2, 0) is 37.9 Å². The van der Waals surface area contributed by atoms with Crippen LogP contribution in [0.25, 0.3) is 0 Å². The average molecular weight is 1390 g/mol. The van der Waals surface area contributed by atoms with Crippen LogP contribution in [0.1, 0.15) is 55.6 Å². The van der Waals surface area contributed by atoms with Gasteiger partial charge in [-0.15, -0.1) is 0 Å². The molecular formula is C22Cl30S2. The van der Waals surface area contributed by atoms with Crippen molar-refractivity contribution in [1.29, 1.82) is 0 Å². The van der Waals surface area contributed by atoms with Gasteiger partial charge in [-0.3, -0.25) is 0 Å². The third-order valence-electron chi connectivity index (χ3n) is 5.95. The first kappa shape index (κ1) is 58.0. The van der Waals surface area contributed by atoms with E-state index < -0.39 is 103 Å². The second-order valence-corrected chi connectivity index (χ2v) is 34.5. The van der Waals surface area contributed by atoms with Crippen LogP contribution in [0.2, 0.25) is 0 Å². The summed E-state index contributed by atoms with van der Waals surface area (Å²) in [5.74, 6) is 0. The van der Waals surface area contributed by atoms with E-state index in [-0.39, 0.29) is 0 Å². The van der Waals surface area contributed by atoms with E-state index in [0.29, 0.717) is 21.6 Å². The minimum Gasteiger partial charge on any atom is -0.0784 e. The molecule has 32 heteroatoms. The zero-order valence-corrected chi connectivity index (χ0v) is 47.5. The van der Waals surface area contributed by atoms with Gasteiger partial charge < -0.3 is 0 Å². The molecule has 0 aromatic heterocycles. The van der Waals surface area contributed by atoms with Crippen LogP contribution in [0.3, 0.4) is 0 Å². The second kappa shape index (κ2) is 19.4. The highest BCUT2D eigenvalue weighted by molar-refractivity contribution is 8.76. The molecule has 0 bridgehead atoms. The van der Waals surface area contributed by atoms with Crippen LogP contribution < -0.4 is 0 Å². The lowest BCUT2D eigenvalue weighted by Crippen LogP contribution is -2.29. The van der Waals surface area contributed by atoms with Crippen LogP contribution in [0, 0.1) is 0 Å². The number of hydrogen-bond acceptors (Lipinski definition) is 2. The molecule has 0 unspecified atom stereocenters. The van der Waals surface area contributed by atoms with E-state index in [4.69, 9.17) is 348 Å². The van der Waals surface area contributed by atoms with Crippen molar-refractivity contribution in [1.82, 2.24) is 0 Å². The molecule has 0 radical (unpaired) electrons. The molecule has 54 heavy (non-hydrogen) atoms. The van der Waals surface area contributed by atoms with Gasteiger partial charge >= 0.3 is 0 Å². The smallest absolute Gasteiger partial charge is 0.0784 e. The van der Waals surface area contributed by atoms with Crippen molar-refractivity contribution < 1.29 is 0 Å². The Morgan fingerprint density at radius 2 is 0.259 bits per heavy atom. The summed E-state index contributed by atoms with van der Waals surface area (Å²) < 4.78 is -27.1. The Bertz CT molecular complexity index is 1500. The maximum absolute atomic E-state index is 6.52. The van der Waals surface area contributed by atoms with Gasteiger partial charge in [-0.2, -0.15) is 0 Å². The van der Waals surface area contributed by atoms with E-state index in [9.17, 15) is 0 Å². The van der Waals surface area contributed by atoms with Crippen LogP contribution in [-0.4, -0.2) is 0 Å². The van der Waals surface area contributed by atoms with Crippen LogP contribution in [0.4, 0.5) is 0 Å². The van der Waals surface area contributed by atoms with E-state index in [0.717, 1.165) is 0 Å². The summed E-state index contributed by atoms with van der Waals surface area (Å²) >= 11 is 194. The molecule has 2 aromatic carbocycles. The second-order valence-electron chi connectivity index (χ2n) is 9.55. The molecule has 0 atom stereocenters. The summed E-state index contributed by atoms with van der Waals surface area (Å²) in [4.78, 5) is -1.02. The SMILES string of the molecule is ClC(Cl)(Cl)c1c(SSc2c(C(Cl)(Cl)Cl)c(C(Cl)(Cl)Cl)c(C(Cl)(Cl)Cl)c(C(Cl)(Cl)Cl)c2C(Cl)(Cl)Cl)c(C(Cl)(Cl)Cl)c(C(Cl)(Cl)Cl)c(C(Cl)(Cl)Cl)c1C(Cl)(Cl)Cl. The standard InChI is InChI=1S/C22Cl30S2/c23-13(24,25)1-3(15(29,30)31)7(19(41,42)43)11(8(20(44,45)46)4(1)16(32,33)34)53-54-12-9(21(47,48)49)5(17(35,36)37)2(14(26,27)28)6(18(38,39)40)10(12)22(50,51)52. The van der Waals surface area contributed by atoms with Crippen LogP contribution in [0.15, 0.2) is 9.79 Å². The Morgan fingerprint density at radius 3 is 0.352 bits per heavy atom. The summed E-state index contributed by atoms with van der Waals surface area (Å²) in [5.41, 5.74) is -6.84. The third-order valence-corrected chi connectivity index (χ3v) is 14.1. The monoisotopic (exact) mass is 1380 g/mol. The van der Waals surface area contributed by atoms with Crippen LogP contribution in [0.5, 0.6) is 0 Å². The number of rotatable bonds is 3. The largest absolute Gasteiger partial charge is 0.217 e. The number of alkyl halides is 30. The van der Waals surface area contributed by atoms with E-state index >= 15 is 0 Å². The molecule has 2 rings (SSSR count). The molecule has 0 N–H and O–H groups in total. The number of benzene rings is 2. The van der Waals surface area contributed by atoms with E-state index in [1.165, 1.54) is 0 Å². The van der Waals surface area contributed by atoms with Gasteiger partial charge in [0.1, 0.15) is 0 Å². The zero-order chi connectivity index (χ0) is 43.3. The lowest BCUT2D eigenvalue weighted by atomic mass is 9.93. The third kappa shape index (κ3) is 14.2. The minimum atomic E-state index is -2.72. The van der Waals surface area contributed by atoms with Gasteiger partial charge in [0.05, 0.1) is 0 Å². The lowest BCUT2D eigenvalue weighted by molar-refractivity contribution is 0.917. The number of hydrogen-bond donors (Lipinski definition) is 0. The van der Waals surface area contributed by atoms with Crippen molar-refractivity contribution in [2.45, 2.75) is 47.7 Å². The maximum Gasteiger partial charge on any atom is 0.217 e. The van der Waals surface area contributed by atoms with Gasteiger partial charge in [0, 0.05) is 65.4 Å². The first-order chi connectivity index (χ1) is 23.2. The highest BCUT2D eigenvalue weighted by atomic mass is 35.6. The predicted octanol–water partition coefficient (Wildman–Crippen LogP) is 22.8. The molecule has 0 saturated carbocycles. The van der Waals surface area contributed by atoms with E-state index in [1.807, 2.05) is 0 Å². The van der Waals surface area contributed by atoms with Crippen molar-refractivity contribution in [3.63, 3.8) is 0 Å². The van der Waals surface area contributed by atoms with E-state index in [2.05, 4.69) is 0 Å². The average Bonchev–Trinajstić information content (AvgIpc) is 2.83. The fourth-order valence-corrected chi connectivity index (χ4v) is 13.8. The van der Waals surface area contributed by atoms with Crippen molar-refractivity contribution >= 4 is 370 Å². The van der Waals surface area contributed by atoms with Gasteiger partial charge in [-0.05, 0) is 0 Å². The molecule has 0 aliphatic carbocycles. The molecule has 0 fully saturated rings. The van der Waals surface area contributed by atoms with Crippen molar-refractivity contribution in [2.75, 3.05) is 0 Å². The summed E-state index contributed by atoms with van der Waals surface area (Å²) in [7, 11) is 0.785. The highest BCUT2D eigenvalue weighted by Gasteiger charge is 2.55. The van der Waals surface area contributed by atoms with E-state index in [1.54, 1.807) is 0 Å². The minimum absolute atomic E-state index is 0.393. The topological polar surface area (TPSA) is 0 Å². The molecule has 0 saturated heterocycles. The predicted molar refractivity (Wildman–Crippen MR) is 257 cm³/mol. The Hall–Kier alpha value is 7.84. The molecule has 0 heterocycles. The summed E-state index contributed by atoms with van der Waals surface area (Å²) in [6.07, 6.45) is 0. The fourth-order valence-electron chi connectivity index (χ4n) is 4.49. The van der Waals surface area contributed by atoms with Crippen molar-refractivity contribution in [3.8, 4) is 0 Å². The maximum atomic E-state index is 6.52. The van der Waals surface area contributed by atoms with Crippen molar-refractivity contribution in [3.05, 3.63) is 55.6 Å². The summed E-state index contributed by atoms with van der Waals surface area (Å²) in [5, 5.41) is 0. The Kier molecular flexibility index (Phi) is 20.9. The first-order valence-electron chi connectivity index (χ1n) is 11.7. The van der Waals surface area contributed by atoms with Crippen LogP contribution >= 0.6 is 370 Å². The molecule has 310 valence electrons. The summed E-state index contributed by atoms with van der Waals surface area (Å²) in [6, 6.07) is 0. The Labute approximate surface area is 465 Å². The normalized spacial score (nSPS) is 15.0. The molecule has 0 spiro atoms. The van der Waals surface area contributed by atoms with Gasteiger partial charge in [-0.25, -0.2) is 0 Å². The molecule has 0 aliphatic rings. The molecule has 0 nitrogen and oxygen atoms in total. The fraction of sp³-hybridized carbons (Fsp3) is 0.455. The van der Waals surface area contributed by atoms with Gasteiger partial charge in [-0.1, -0.05) is 370 Å².